The molecule has 0 saturated carbocycles. The summed E-state index contributed by atoms with van der Waals surface area (Å²) in [5.41, 5.74) is 9.94. The van der Waals surface area contributed by atoms with Crippen LogP contribution in [0, 0.1) is 0 Å². The summed E-state index contributed by atoms with van der Waals surface area (Å²) in [6.07, 6.45) is 0. The van der Waals surface area contributed by atoms with E-state index in [1.54, 1.807) is 0 Å². The molecule has 13 aromatic rings. The standard InChI is InChI=1S/C57H35N3O/c61-57-56-55(47-24-12-14-26-52(47)60(57)40-29-30-45-43-21-8-7-19-41(43)42-20-9-10-22-44(42)48(45)35-40)50-34-37(28-32-54(50)59(56)39-17-5-2-6-18-39)36-27-31-53-49(33-36)46-23-11-13-25-51(46)58(53)38-15-3-1-4-16-38/h1-35H. The summed E-state index contributed by atoms with van der Waals surface area (Å²) in [5, 5.41) is 12.5. The van der Waals surface area contributed by atoms with Crippen molar-refractivity contribution in [3.8, 4) is 28.2 Å². The summed E-state index contributed by atoms with van der Waals surface area (Å²) in [5.74, 6) is 0. The van der Waals surface area contributed by atoms with Gasteiger partial charge in [-0.25, -0.2) is 0 Å². The number of nitrogens with zero attached hydrogens (tertiary/aromatic N) is 3. The van der Waals surface area contributed by atoms with Crippen molar-refractivity contribution in [3.05, 3.63) is 223 Å². The average molecular weight is 778 g/mol. The summed E-state index contributed by atoms with van der Waals surface area (Å²) in [6.45, 7) is 0. The number of pyridine rings is 1. The third-order valence-electron chi connectivity index (χ3n) is 12.8. The third kappa shape index (κ3) is 4.84. The van der Waals surface area contributed by atoms with Gasteiger partial charge in [0.15, 0.2) is 0 Å². The van der Waals surface area contributed by atoms with Crippen LogP contribution in [-0.2, 0) is 0 Å². The lowest BCUT2D eigenvalue weighted by molar-refractivity contribution is 1.04. The van der Waals surface area contributed by atoms with Crippen LogP contribution in [0.3, 0.4) is 0 Å². The maximum Gasteiger partial charge on any atom is 0.280 e. The first-order chi connectivity index (χ1) is 30.2. The zero-order valence-corrected chi connectivity index (χ0v) is 33.0. The molecule has 284 valence electrons. The lowest BCUT2D eigenvalue weighted by atomic mass is 9.94. The Morgan fingerprint density at radius 3 is 1.33 bits per heavy atom. The quantitative estimate of drug-likeness (QED) is 0.164. The molecule has 0 N–H and O–H groups in total. The van der Waals surface area contributed by atoms with Gasteiger partial charge in [-0.2, -0.15) is 0 Å². The van der Waals surface area contributed by atoms with Crippen LogP contribution in [0.5, 0.6) is 0 Å². The van der Waals surface area contributed by atoms with E-state index in [9.17, 15) is 0 Å². The van der Waals surface area contributed by atoms with Crippen molar-refractivity contribution >= 4 is 86.8 Å². The molecule has 0 aliphatic rings. The van der Waals surface area contributed by atoms with E-state index in [1.807, 2.05) is 28.8 Å². The van der Waals surface area contributed by atoms with Gasteiger partial charge in [0.2, 0.25) is 0 Å². The first kappa shape index (κ1) is 33.7. The minimum Gasteiger partial charge on any atom is -0.309 e. The lowest BCUT2D eigenvalue weighted by Gasteiger charge is -2.16. The first-order valence-electron chi connectivity index (χ1n) is 20.8. The van der Waals surface area contributed by atoms with Gasteiger partial charge in [-0.3, -0.25) is 9.36 Å². The van der Waals surface area contributed by atoms with E-state index >= 15 is 4.79 Å². The van der Waals surface area contributed by atoms with E-state index in [2.05, 4.69) is 197 Å². The van der Waals surface area contributed by atoms with Crippen molar-refractivity contribution in [2.45, 2.75) is 0 Å². The SMILES string of the molecule is O=c1c2c(c3ccccc3n1-c1ccc3c4ccccc4c4ccccc4c3c1)c1cc(-c3ccc4c(c3)c3ccccc3n4-c3ccccc3)ccc1n2-c1ccccc1. The molecule has 4 heteroatoms. The molecule has 0 fully saturated rings. The van der Waals surface area contributed by atoms with E-state index in [4.69, 9.17) is 0 Å². The van der Waals surface area contributed by atoms with Gasteiger partial charge in [-0.15, -0.1) is 0 Å². The molecule has 10 aromatic carbocycles. The van der Waals surface area contributed by atoms with Crippen LogP contribution in [0.2, 0.25) is 0 Å². The Morgan fingerprint density at radius 2 is 0.705 bits per heavy atom. The highest BCUT2D eigenvalue weighted by Crippen LogP contribution is 2.41. The van der Waals surface area contributed by atoms with Gasteiger partial charge in [-0.1, -0.05) is 140 Å². The number of fused-ring (bicyclic) bond motifs is 14. The van der Waals surface area contributed by atoms with Crippen LogP contribution in [0.15, 0.2) is 217 Å². The molecule has 0 unspecified atom stereocenters. The zero-order valence-electron chi connectivity index (χ0n) is 33.0. The summed E-state index contributed by atoms with van der Waals surface area (Å²) in [4.78, 5) is 15.6. The topological polar surface area (TPSA) is 31.9 Å². The Morgan fingerprint density at radius 1 is 0.262 bits per heavy atom. The fourth-order valence-corrected chi connectivity index (χ4v) is 10.2. The van der Waals surface area contributed by atoms with Gasteiger partial charge in [0.25, 0.3) is 5.56 Å². The predicted molar refractivity (Wildman–Crippen MR) is 256 cm³/mol. The molecule has 3 heterocycles. The van der Waals surface area contributed by atoms with Gasteiger partial charge < -0.3 is 9.13 Å². The number of hydrogen-bond donors (Lipinski definition) is 0. The van der Waals surface area contributed by atoms with Gasteiger partial charge in [0.05, 0.1) is 22.1 Å². The normalized spacial score (nSPS) is 12.0. The van der Waals surface area contributed by atoms with Crippen molar-refractivity contribution in [3.63, 3.8) is 0 Å². The summed E-state index contributed by atoms with van der Waals surface area (Å²) in [7, 11) is 0. The van der Waals surface area contributed by atoms with Crippen molar-refractivity contribution < 1.29 is 0 Å². The second-order valence-corrected chi connectivity index (χ2v) is 16.0. The Kier molecular flexibility index (Phi) is 7.13. The van der Waals surface area contributed by atoms with Crippen molar-refractivity contribution in [2.75, 3.05) is 0 Å². The monoisotopic (exact) mass is 777 g/mol. The van der Waals surface area contributed by atoms with Gasteiger partial charge in [0.1, 0.15) is 5.52 Å². The molecule has 0 aliphatic carbocycles. The van der Waals surface area contributed by atoms with Crippen molar-refractivity contribution in [1.29, 1.82) is 0 Å². The second kappa shape index (κ2) is 12.9. The van der Waals surface area contributed by atoms with E-state index in [0.29, 0.717) is 5.52 Å². The molecule has 0 atom stereocenters. The Labute approximate surface area is 350 Å². The molecule has 61 heavy (non-hydrogen) atoms. The van der Waals surface area contributed by atoms with E-state index in [1.165, 1.54) is 48.7 Å². The van der Waals surface area contributed by atoms with Crippen LogP contribution in [-0.4, -0.2) is 13.7 Å². The molecule has 13 rings (SSSR count). The third-order valence-corrected chi connectivity index (χ3v) is 12.8. The smallest absolute Gasteiger partial charge is 0.280 e. The summed E-state index contributed by atoms with van der Waals surface area (Å²) < 4.78 is 6.44. The van der Waals surface area contributed by atoms with Crippen LogP contribution < -0.4 is 5.56 Å². The van der Waals surface area contributed by atoms with Gasteiger partial charge >= 0.3 is 0 Å². The number of rotatable bonds is 4. The van der Waals surface area contributed by atoms with Crippen LogP contribution in [0.25, 0.3) is 115 Å². The molecule has 0 amide bonds. The lowest BCUT2D eigenvalue weighted by Crippen LogP contribution is -2.21. The number of benzene rings is 10. The van der Waals surface area contributed by atoms with Crippen LogP contribution in [0.4, 0.5) is 0 Å². The van der Waals surface area contributed by atoms with Crippen LogP contribution in [0.1, 0.15) is 0 Å². The first-order valence-corrected chi connectivity index (χ1v) is 20.8. The van der Waals surface area contributed by atoms with Crippen molar-refractivity contribution in [1.82, 2.24) is 13.7 Å². The summed E-state index contributed by atoms with van der Waals surface area (Å²) >= 11 is 0. The molecule has 0 radical (unpaired) electrons. The highest BCUT2D eigenvalue weighted by atomic mass is 16.1. The zero-order chi connectivity index (χ0) is 40.2. The van der Waals surface area contributed by atoms with E-state index in [-0.39, 0.29) is 5.56 Å². The maximum absolute atomic E-state index is 15.6. The highest BCUT2D eigenvalue weighted by Gasteiger charge is 2.23. The van der Waals surface area contributed by atoms with E-state index < -0.39 is 0 Å². The predicted octanol–water partition coefficient (Wildman–Crippen LogP) is 14.3. The molecular weight excluding hydrogens is 743 g/mol. The molecule has 0 saturated heterocycles. The largest absolute Gasteiger partial charge is 0.309 e. The van der Waals surface area contributed by atoms with Crippen LogP contribution >= 0.6 is 0 Å². The molecule has 0 bridgehead atoms. The Hall–Kier alpha value is -8.21. The highest BCUT2D eigenvalue weighted by molar-refractivity contribution is 6.26. The average Bonchev–Trinajstić information content (AvgIpc) is 3.85. The minimum absolute atomic E-state index is 0.0603. The molecular formula is C57H35N3O. The summed E-state index contributed by atoms with van der Waals surface area (Å²) in [6, 6.07) is 75.1. The van der Waals surface area contributed by atoms with Crippen molar-refractivity contribution in [2.24, 2.45) is 0 Å². The van der Waals surface area contributed by atoms with E-state index in [0.717, 1.165) is 60.8 Å². The number of para-hydroxylation sites is 4. The van der Waals surface area contributed by atoms with Gasteiger partial charge in [0, 0.05) is 44.0 Å². The molecule has 0 aliphatic heterocycles. The fraction of sp³-hybridized carbons (Fsp3) is 0. The maximum atomic E-state index is 15.6. The number of hydrogen-bond acceptors (Lipinski definition) is 1. The molecule has 3 aromatic heterocycles. The minimum atomic E-state index is -0.0603. The Bertz CT molecular complexity index is 3970. The van der Waals surface area contributed by atoms with Gasteiger partial charge in [-0.05, 0) is 116 Å². The second-order valence-electron chi connectivity index (χ2n) is 16.0. The molecule has 4 nitrogen and oxygen atoms in total. The number of aromatic nitrogens is 3. The Balaban J connectivity index is 1.09. The molecule has 0 spiro atoms. The fourth-order valence-electron chi connectivity index (χ4n) is 10.2.